The number of carbonyl (C=O) groups is 2. The highest BCUT2D eigenvalue weighted by Crippen LogP contribution is 2.51. The largest absolute Gasteiger partial charge is 0.479 e. The number of carboxylic acid groups (broad SMARTS) is 1. The minimum Gasteiger partial charge on any atom is -0.479 e. The van der Waals surface area contributed by atoms with Crippen LogP contribution >= 0.6 is 11.8 Å². The number of hydrogen-bond donors (Lipinski definition) is 2. The lowest BCUT2D eigenvalue weighted by atomic mass is 9.54. The smallest absolute Gasteiger partial charge is 0.330 e. The van der Waals surface area contributed by atoms with E-state index in [1.54, 1.807) is 0 Å². The van der Waals surface area contributed by atoms with E-state index < -0.39 is 16.9 Å². The van der Waals surface area contributed by atoms with Gasteiger partial charge in [-0.05, 0) is 26.8 Å². The number of amides is 1. The van der Waals surface area contributed by atoms with E-state index in [4.69, 9.17) is 4.74 Å². The van der Waals surface area contributed by atoms with Gasteiger partial charge in [-0.3, -0.25) is 4.79 Å². The maximum Gasteiger partial charge on any atom is 0.330 e. The number of hydrogen-bond acceptors (Lipinski definition) is 6. The fraction of sp³-hybridized carbons (Fsp3) is 0.647. The molecule has 25 heavy (non-hydrogen) atoms. The number of nitrogens with zero attached hydrogens (tertiary/aromatic N) is 2. The summed E-state index contributed by atoms with van der Waals surface area (Å²) < 4.78 is 5.60. The van der Waals surface area contributed by atoms with Crippen LogP contribution in [0, 0.1) is 19.3 Å². The van der Waals surface area contributed by atoms with Gasteiger partial charge in [0.05, 0.1) is 11.9 Å². The number of aliphatic carboxylic acids is 1. The molecular formula is C17H25N3O4S. The van der Waals surface area contributed by atoms with Gasteiger partial charge < -0.3 is 15.2 Å². The van der Waals surface area contributed by atoms with Crippen molar-refractivity contribution in [3.05, 3.63) is 17.5 Å². The molecule has 2 rings (SSSR count). The van der Waals surface area contributed by atoms with Gasteiger partial charge in [0.2, 0.25) is 5.91 Å². The van der Waals surface area contributed by atoms with Gasteiger partial charge in [0.1, 0.15) is 5.54 Å². The Balaban J connectivity index is 2.03. The SMILES string of the molecule is CCOC1CC(NC(=O)CSc2nc(C)cc(C)n2)(C(=O)O)C1(C)C. The van der Waals surface area contributed by atoms with E-state index >= 15 is 0 Å². The van der Waals surface area contributed by atoms with E-state index in [0.717, 1.165) is 11.4 Å². The Morgan fingerprint density at radius 1 is 1.36 bits per heavy atom. The highest BCUT2D eigenvalue weighted by atomic mass is 32.2. The van der Waals surface area contributed by atoms with Crippen molar-refractivity contribution in [2.24, 2.45) is 5.41 Å². The van der Waals surface area contributed by atoms with E-state index in [9.17, 15) is 14.7 Å². The van der Waals surface area contributed by atoms with Crippen molar-refractivity contribution in [1.29, 1.82) is 0 Å². The summed E-state index contributed by atoms with van der Waals surface area (Å²) in [5, 5.41) is 12.9. The second-order valence-electron chi connectivity index (χ2n) is 6.85. The summed E-state index contributed by atoms with van der Waals surface area (Å²) in [7, 11) is 0. The number of ether oxygens (including phenoxy) is 1. The molecule has 0 spiro atoms. The molecule has 1 amide bonds. The Labute approximate surface area is 152 Å². The molecular weight excluding hydrogens is 342 g/mol. The predicted octanol–water partition coefficient (Wildman–Crippen LogP) is 1.96. The lowest BCUT2D eigenvalue weighted by Crippen LogP contribution is -2.76. The molecule has 0 bridgehead atoms. The zero-order chi connectivity index (χ0) is 18.8. The molecule has 2 unspecified atom stereocenters. The molecule has 1 fully saturated rings. The average Bonchev–Trinajstić information content (AvgIpc) is 2.50. The molecule has 7 nitrogen and oxygen atoms in total. The average molecular weight is 367 g/mol. The highest BCUT2D eigenvalue weighted by Gasteiger charge is 2.66. The number of carbonyl (C=O) groups excluding carboxylic acids is 1. The Kier molecular flexibility index (Phi) is 5.73. The van der Waals surface area contributed by atoms with Crippen molar-refractivity contribution in [3.63, 3.8) is 0 Å². The summed E-state index contributed by atoms with van der Waals surface area (Å²) in [6, 6.07) is 1.86. The van der Waals surface area contributed by atoms with Crippen molar-refractivity contribution in [2.75, 3.05) is 12.4 Å². The Hall–Kier alpha value is -1.67. The van der Waals surface area contributed by atoms with Crippen LogP contribution in [0.3, 0.4) is 0 Å². The van der Waals surface area contributed by atoms with Crippen LogP contribution in [0.4, 0.5) is 0 Å². The summed E-state index contributed by atoms with van der Waals surface area (Å²) in [5.41, 5.74) is -0.339. The number of nitrogens with one attached hydrogen (secondary N) is 1. The first-order valence-electron chi connectivity index (χ1n) is 8.23. The number of rotatable bonds is 7. The van der Waals surface area contributed by atoms with E-state index in [1.807, 2.05) is 40.7 Å². The number of thioether (sulfide) groups is 1. The lowest BCUT2D eigenvalue weighted by Gasteiger charge is -2.58. The zero-order valence-electron chi connectivity index (χ0n) is 15.3. The highest BCUT2D eigenvalue weighted by molar-refractivity contribution is 7.99. The number of aromatic nitrogens is 2. The summed E-state index contributed by atoms with van der Waals surface area (Å²) in [4.78, 5) is 32.8. The van der Waals surface area contributed by atoms with Gasteiger partial charge in [0.25, 0.3) is 0 Å². The minimum absolute atomic E-state index is 0.0628. The van der Waals surface area contributed by atoms with Gasteiger partial charge in [-0.25, -0.2) is 14.8 Å². The molecule has 8 heteroatoms. The minimum atomic E-state index is -1.31. The number of carboxylic acids is 1. The van der Waals surface area contributed by atoms with E-state index in [-0.39, 0.29) is 24.2 Å². The van der Waals surface area contributed by atoms with E-state index in [1.165, 1.54) is 11.8 Å². The standard InChI is InChI=1S/C17H25N3O4S/c1-6-24-12-8-17(14(22)23,16(12,4)5)20-13(21)9-25-15-18-10(2)7-11(3)19-15/h7,12H,6,8-9H2,1-5H3,(H,20,21)(H,22,23). The maximum atomic E-state index is 12.4. The summed E-state index contributed by atoms with van der Waals surface area (Å²) in [6.45, 7) is 9.73. The first kappa shape index (κ1) is 19.7. The van der Waals surface area contributed by atoms with Crippen LogP contribution in [0.2, 0.25) is 0 Å². The van der Waals surface area contributed by atoms with Gasteiger partial charge in [0.15, 0.2) is 5.16 Å². The topological polar surface area (TPSA) is 101 Å². The summed E-state index contributed by atoms with van der Waals surface area (Å²) in [5.74, 6) is -1.32. The fourth-order valence-corrected chi connectivity index (χ4v) is 3.95. The van der Waals surface area contributed by atoms with Gasteiger partial charge in [-0.2, -0.15) is 0 Å². The molecule has 1 aromatic heterocycles. The quantitative estimate of drug-likeness (QED) is 0.561. The molecule has 1 saturated carbocycles. The molecule has 1 aliphatic carbocycles. The third kappa shape index (κ3) is 3.79. The molecule has 1 aliphatic rings. The van der Waals surface area contributed by atoms with Crippen LogP contribution in [-0.4, -0.2) is 51.0 Å². The zero-order valence-corrected chi connectivity index (χ0v) is 16.1. The van der Waals surface area contributed by atoms with Gasteiger partial charge in [0, 0.05) is 29.8 Å². The van der Waals surface area contributed by atoms with Crippen LogP contribution in [-0.2, 0) is 14.3 Å². The van der Waals surface area contributed by atoms with Crippen LogP contribution in [0.25, 0.3) is 0 Å². The van der Waals surface area contributed by atoms with Crippen molar-refractivity contribution in [2.45, 2.75) is 57.8 Å². The van der Waals surface area contributed by atoms with Gasteiger partial charge >= 0.3 is 5.97 Å². The van der Waals surface area contributed by atoms with Crippen molar-refractivity contribution in [3.8, 4) is 0 Å². The predicted molar refractivity (Wildman–Crippen MR) is 94.6 cm³/mol. The monoisotopic (exact) mass is 367 g/mol. The molecule has 0 radical (unpaired) electrons. The van der Waals surface area contributed by atoms with Crippen LogP contribution in [0.5, 0.6) is 0 Å². The third-order valence-corrected chi connectivity index (χ3v) is 5.62. The second-order valence-corrected chi connectivity index (χ2v) is 7.79. The molecule has 2 N–H and O–H groups in total. The van der Waals surface area contributed by atoms with Crippen molar-refractivity contribution in [1.82, 2.24) is 15.3 Å². The fourth-order valence-electron chi connectivity index (χ4n) is 3.20. The number of aryl methyl sites for hydroxylation is 2. The van der Waals surface area contributed by atoms with Crippen LogP contribution in [0.1, 0.15) is 38.6 Å². The molecule has 2 atom stereocenters. The maximum absolute atomic E-state index is 12.4. The van der Waals surface area contributed by atoms with Crippen molar-refractivity contribution >= 4 is 23.6 Å². The Bertz CT molecular complexity index is 660. The molecule has 1 aromatic rings. The van der Waals surface area contributed by atoms with Crippen LogP contribution in [0.15, 0.2) is 11.2 Å². The van der Waals surface area contributed by atoms with E-state index in [0.29, 0.717) is 11.8 Å². The third-order valence-electron chi connectivity index (χ3n) is 4.78. The summed E-state index contributed by atoms with van der Waals surface area (Å²) in [6.07, 6.45) is 0.0731. The van der Waals surface area contributed by atoms with Crippen LogP contribution < -0.4 is 5.32 Å². The Morgan fingerprint density at radius 3 is 2.44 bits per heavy atom. The second kappa shape index (κ2) is 7.29. The molecule has 0 aliphatic heterocycles. The lowest BCUT2D eigenvalue weighted by molar-refractivity contribution is -0.194. The first-order valence-corrected chi connectivity index (χ1v) is 9.22. The molecule has 138 valence electrons. The van der Waals surface area contributed by atoms with Gasteiger partial charge in [-0.1, -0.05) is 25.6 Å². The first-order chi connectivity index (χ1) is 11.6. The van der Waals surface area contributed by atoms with E-state index in [2.05, 4.69) is 15.3 Å². The summed E-state index contributed by atoms with van der Waals surface area (Å²) >= 11 is 1.20. The molecule has 0 saturated heterocycles. The Morgan fingerprint density at radius 2 is 1.96 bits per heavy atom. The normalized spacial score (nSPS) is 24.4. The molecule has 1 heterocycles. The van der Waals surface area contributed by atoms with Crippen molar-refractivity contribution < 1.29 is 19.4 Å². The van der Waals surface area contributed by atoms with Gasteiger partial charge in [-0.15, -0.1) is 0 Å². The molecule has 0 aromatic carbocycles.